The van der Waals surface area contributed by atoms with E-state index in [1.807, 2.05) is 12.1 Å². The van der Waals surface area contributed by atoms with Gasteiger partial charge in [-0.05, 0) is 54.2 Å². The van der Waals surface area contributed by atoms with Crippen LogP contribution in [0.4, 0.5) is 0 Å². The number of benzene rings is 1. The van der Waals surface area contributed by atoms with Gasteiger partial charge in [0.2, 0.25) is 0 Å². The van der Waals surface area contributed by atoms with Gasteiger partial charge < -0.3 is 0 Å². The zero-order chi connectivity index (χ0) is 19.0. The predicted octanol–water partition coefficient (Wildman–Crippen LogP) is 6.00. The lowest BCUT2D eigenvalue weighted by Crippen LogP contribution is -2.07. The summed E-state index contributed by atoms with van der Waals surface area (Å²) in [4.78, 5) is 0.220. The fourth-order valence-corrected chi connectivity index (χ4v) is 4.12. The van der Waals surface area contributed by atoms with Gasteiger partial charge >= 0.3 is 0 Å². The van der Waals surface area contributed by atoms with Gasteiger partial charge in [-0.3, -0.25) is 4.18 Å². The van der Waals surface area contributed by atoms with Crippen molar-refractivity contribution in [2.24, 2.45) is 17.8 Å². The van der Waals surface area contributed by atoms with Crippen molar-refractivity contribution in [1.29, 1.82) is 0 Å². The molecule has 0 bridgehead atoms. The molecule has 144 valence electrons. The lowest BCUT2D eigenvalue weighted by atomic mass is 9.85. The highest BCUT2D eigenvalue weighted by molar-refractivity contribution is 7.86. The normalized spacial score (nSPS) is 17.0. The van der Waals surface area contributed by atoms with Gasteiger partial charge in [0, 0.05) is 0 Å². The van der Waals surface area contributed by atoms with Gasteiger partial charge in [0.15, 0.2) is 0 Å². The van der Waals surface area contributed by atoms with E-state index in [0.717, 1.165) is 18.3 Å². The molecule has 0 spiro atoms. The number of hydrogen-bond acceptors (Lipinski definition) is 3. The minimum absolute atomic E-state index is 0.220. The summed E-state index contributed by atoms with van der Waals surface area (Å²) in [6.45, 7) is 11.5. The first-order valence-electron chi connectivity index (χ1n) is 9.60. The van der Waals surface area contributed by atoms with Crippen molar-refractivity contribution in [1.82, 2.24) is 0 Å². The maximum Gasteiger partial charge on any atom is 0.296 e. The molecule has 0 radical (unpaired) electrons. The zero-order valence-electron chi connectivity index (χ0n) is 16.8. The molecule has 0 aliphatic heterocycles. The van der Waals surface area contributed by atoms with Crippen LogP contribution in [0.15, 0.2) is 29.2 Å². The van der Waals surface area contributed by atoms with Gasteiger partial charge in [-0.2, -0.15) is 8.42 Å². The Morgan fingerprint density at radius 1 is 0.880 bits per heavy atom. The van der Waals surface area contributed by atoms with Crippen LogP contribution < -0.4 is 0 Å². The maximum atomic E-state index is 11.7. The Hall–Kier alpha value is -0.870. The minimum atomic E-state index is -3.59. The van der Waals surface area contributed by atoms with E-state index >= 15 is 0 Å². The molecule has 1 rings (SSSR count). The molecule has 4 unspecified atom stereocenters. The molecule has 0 amide bonds. The highest BCUT2D eigenvalue weighted by atomic mass is 32.2. The van der Waals surface area contributed by atoms with Gasteiger partial charge in [0.05, 0.1) is 12.0 Å². The Morgan fingerprint density at radius 3 is 1.88 bits per heavy atom. The number of rotatable bonds is 11. The molecule has 25 heavy (non-hydrogen) atoms. The Bertz CT molecular complexity index is 592. The van der Waals surface area contributed by atoms with Gasteiger partial charge in [-0.1, -0.05) is 66.0 Å². The molecule has 0 heterocycles. The van der Waals surface area contributed by atoms with Crippen LogP contribution in [0.25, 0.3) is 0 Å². The molecule has 0 saturated carbocycles. The molecule has 3 nitrogen and oxygen atoms in total. The molecule has 0 N–H and O–H groups in total. The average molecular weight is 369 g/mol. The van der Waals surface area contributed by atoms with Gasteiger partial charge in [-0.25, -0.2) is 0 Å². The highest BCUT2D eigenvalue weighted by Crippen LogP contribution is 2.29. The lowest BCUT2D eigenvalue weighted by Gasteiger charge is -2.21. The second-order valence-electron chi connectivity index (χ2n) is 7.86. The minimum Gasteiger partial charge on any atom is -0.270 e. The lowest BCUT2D eigenvalue weighted by molar-refractivity contribution is 0.342. The van der Waals surface area contributed by atoms with E-state index in [9.17, 15) is 8.42 Å². The summed E-state index contributed by atoms with van der Waals surface area (Å²) < 4.78 is 27.9. The van der Waals surface area contributed by atoms with Gasteiger partial charge in [0.1, 0.15) is 0 Å². The molecular formula is C21H36O3S. The zero-order valence-corrected chi connectivity index (χ0v) is 17.6. The van der Waals surface area contributed by atoms with Crippen molar-refractivity contribution in [3.8, 4) is 0 Å². The van der Waals surface area contributed by atoms with Crippen LogP contribution in [0.5, 0.6) is 0 Å². The topological polar surface area (TPSA) is 43.4 Å². The highest BCUT2D eigenvalue weighted by Gasteiger charge is 2.16. The predicted molar refractivity (Wildman–Crippen MR) is 105 cm³/mol. The van der Waals surface area contributed by atoms with E-state index in [-0.39, 0.29) is 4.90 Å². The van der Waals surface area contributed by atoms with E-state index in [4.69, 9.17) is 0 Å². The van der Waals surface area contributed by atoms with E-state index in [2.05, 4.69) is 38.8 Å². The average Bonchev–Trinajstić information content (AvgIpc) is 2.59. The van der Waals surface area contributed by atoms with E-state index in [1.165, 1.54) is 38.4 Å². The molecule has 0 aliphatic rings. The smallest absolute Gasteiger partial charge is 0.270 e. The summed E-state index contributed by atoms with van der Waals surface area (Å²) in [6.07, 6.45) is 6.29. The molecule has 0 fully saturated rings. The third-order valence-electron chi connectivity index (χ3n) is 5.37. The fourth-order valence-electron chi connectivity index (χ4n) is 3.46. The van der Waals surface area contributed by atoms with E-state index in [0.29, 0.717) is 11.8 Å². The van der Waals surface area contributed by atoms with Crippen LogP contribution in [0, 0.1) is 17.8 Å². The van der Waals surface area contributed by atoms with Crippen LogP contribution in [0.1, 0.15) is 78.2 Å². The van der Waals surface area contributed by atoms with Crippen LogP contribution in [0.2, 0.25) is 0 Å². The van der Waals surface area contributed by atoms with Crippen LogP contribution >= 0.6 is 0 Å². The molecule has 0 aromatic heterocycles. The first kappa shape index (κ1) is 22.2. The monoisotopic (exact) mass is 368 g/mol. The van der Waals surface area contributed by atoms with Crippen LogP contribution in [-0.4, -0.2) is 15.5 Å². The van der Waals surface area contributed by atoms with Crippen molar-refractivity contribution in [2.75, 3.05) is 7.11 Å². The summed E-state index contributed by atoms with van der Waals surface area (Å²) in [5, 5.41) is 0. The van der Waals surface area contributed by atoms with Crippen LogP contribution in [0.3, 0.4) is 0 Å². The Balaban J connectivity index is 2.51. The second kappa shape index (κ2) is 10.3. The molecular weight excluding hydrogens is 332 g/mol. The van der Waals surface area contributed by atoms with Crippen LogP contribution in [-0.2, 0) is 14.3 Å². The first-order valence-corrected chi connectivity index (χ1v) is 11.0. The molecule has 4 heteroatoms. The van der Waals surface area contributed by atoms with E-state index < -0.39 is 10.1 Å². The third kappa shape index (κ3) is 7.49. The summed E-state index contributed by atoms with van der Waals surface area (Å²) in [5.41, 5.74) is 1.19. The summed E-state index contributed by atoms with van der Waals surface area (Å²) in [7, 11) is -2.40. The summed E-state index contributed by atoms with van der Waals surface area (Å²) >= 11 is 0. The summed E-state index contributed by atoms with van der Waals surface area (Å²) in [6, 6.07) is 7.11. The Kier molecular flexibility index (Phi) is 9.15. The first-order chi connectivity index (χ1) is 11.7. The van der Waals surface area contributed by atoms with E-state index in [1.54, 1.807) is 12.1 Å². The summed E-state index contributed by atoms with van der Waals surface area (Å²) in [5.74, 6) is 2.73. The van der Waals surface area contributed by atoms with Crippen molar-refractivity contribution in [3.63, 3.8) is 0 Å². The largest absolute Gasteiger partial charge is 0.296 e. The quantitative estimate of drug-likeness (QED) is 0.450. The molecule has 1 aromatic rings. The maximum absolute atomic E-state index is 11.7. The Morgan fingerprint density at radius 2 is 1.40 bits per heavy atom. The molecule has 1 aromatic carbocycles. The van der Waals surface area contributed by atoms with Crippen molar-refractivity contribution >= 4 is 10.1 Å². The molecule has 0 saturated heterocycles. The van der Waals surface area contributed by atoms with Gasteiger partial charge in [0.25, 0.3) is 10.1 Å². The number of hydrogen-bond donors (Lipinski definition) is 0. The third-order valence-corrected chi connectivity index (χ3v) is 6.66. The SMILES string of the molecule is CCC(C)CC(C)CCC(C)CC(C)c1ccc(S(=O)(=O)OC)cc1. The van der Waals surface area contributed by atoms with Crippen molar-refractivity contribution < 1.29 is 12.6 Å². The molecule has 4 atom stereocenters. The standard InChI is InChI=1S/C21H36O3S/c1-7-16(2)14-17(3)8-9-18(4)15-19(5)20-10-12-21(13-11-20)25(22,23)24-6/h10-13,16-19H,7-9,14-15H2,1-6H3. The fraction of sp³-hybridized carbons (Fsp3) is 0.714. The second-order valence-corrected chi connectivity index (χ2v) is 9.58. The van der Waals surface area contributed by atoms with Crippen molar-refractivity contribution in [3.05, 3.63) is 29.8 Å². The van der Waals surface area contributed by atoms with Gasteiger partial charge in [-0.15, -0.1) is 0 Å². The Labute approximate surface area is 155 Å². The van der Waals surface area contributed by atoms with Crippen molar-refractivity contribution in [2.45, 2.75) is 77.5 Å². The molecule has 0 aliphatic carbocycles.